The molecule has 0 N–H and O–H groups in total. The van der Waals surface area contributed by atoms with Gasteiger partial charge in [-0.2, -0.15) is 18.3 Å². The number of aromatic nitrogens is 2. The summed E-state index contributed by atoms with van der Waals surface area (Å²) in [7, 11) is 0. The predicted molar refractivity (Wildman–Crippen MR) is 115 cm³/mol. The minimum absolute atomic E-state index is 0.212. The Morgan fingerprint density at radius 2 is 1.81 bits per heavy atom. The number of halogens is 3. The van der Waals surface area contributed by atoms with E-state index in [2.05, 4.69) is 16.1 Å². The van der Waals surface area contributed by atoms with Crippen molar-refractivity contribution < 1.29 is 18.0 Å². The van der Waals surface area contributed by atoms with Gasteiger partial charge in [0, 0.05) is 49.4 Å². The highest BCUT2D eigenvalue weighted by Gasteiger charge is 2.34. The Morgan fingerprint density at radius 3 is 2.47 bits per heavy atom. The van der Waals surface area contributed by atoms with Gasteiger partial charge in [-0.25, -0.2) is 4.68 Å². The molecule has 3 aromatic rings. The van der Waals surface area contributed by atoms with Gasteiger partial charge in [0.15, 0.2) is 5.69 Å². The number of aryl methyl sites for hydroxylation is 1. The third-order valence-electron chi connectivity index (χ3n) is 5.37. The lowest BCUT2D eigenvalue weighted by atomic mass is 10.1. The van der Waals surface area contributed by atoms with Gasteiger partial charge in [-0.05, 0) is 30.5 Å². The molecular weight excluding hydrogens is 441 g/mol. The molecule has 0 unspecified atom stereocenters. The van der Waals surface area contributed by atoms with Crippen LogP contribution in [-0.4, -0.2) is 51.7 Å². The van der Waals surface area contributed by atoms with Gasteiger partial charge < -0.3 is 4.90 Å². The molecule has 4 rings (SSSR count). The van der Waals surface area contributed by atoms with Crippen molar-refractivity contribution in [3.63, 3.8) is 0 Å². The second-order valence-electron chi connectivity index (χ2n) is 7.57. The van der Waals surface area contributed by atoms with Crippen LogP contribution < -0.4 is 5.43 Å². The lowest BCUT2D eigenvalue weighted by Gasteiger charge is -2.34. The lowest BCUT2D eigenvalue weighted by Crippen LogP contribution is -2.49. The van der Waals surface area contributed by atoms with Crippen molar-refractivity contribution in [1.29, 1.82) is 0 Å². The van der Waals surface area contributed by atoms with Crippen molar-refractivity contribution in [2.24, 2.45) is 0 Å². The number of piperazine rings is 1. The van der Waals surface area contributed by atoms with Crippen molar-refractivity contribution in [2.45, 2.75) is 19.6 Å². The van der Waals surface area contributed by atoms with Crippen LogP contribution in [0.4, 0.5) is 13.2 Å². The van der Waals surface area contributed by atoms with Crippen molar-refractivity contribution in [3.05, 3.63) is 79.9 Å². The van der Waals surface area contributed by atoms with Gasteiger partial charge in [0.05, 0.1) is 11.3 Å². The molecule has 6 nitrogen and oxygen atoms in total. The van der Waals surface area contributed by atoms with Crippen LogP contribution in [0.2, 0.25) is 0 Å². The average molecular weight is 462 g/mol. The summed E-state index contributed by atoms with van der Waals surface area (Å²) in [6, 6.07) is 10.2. The Balaban J connectivity index is 1.58. The van der Waals surface area contributed by atoms with Gasteiger partial charge in [-0.1, -0.05) is 18.2 Å². The number of carbonyl (C=O) groups is 1. The van der Waals surface area contributed by atoms with E-state index in [4.69, 9.17) is 0 Å². The summed E-state index contributed by atoms with van der Waals surface area (Å²) in [6.45, 7) is 4.39. The molecule has 1 aliphatic heterocycles. The van der Waals surface area contributed by atoms with Crippen LogP contribution in [0.25, 0.3) is 5.69 Å². The standard InChI is InChI=1S/C22H21F3N4O2S/c1-15-13-19(30)20(26-29(15)18-7-3-2-6-17(18)22(23,24)25)21(31)28-10-8-27(9-11-28)14-16-5-4-12-32-16/h2-7,12-13H,8-11,14H2,1H3. The first-order valence-corrected chi connectivity index (χ1v) is 10.9. The van der Waals surface area contributed by atoms with Gasteiger partial charge >= 0.3 is 6.18 Å². The molecule has 1 amide bonds. The van der Waals surface area contributed by atoms with Crippen molar-refractivity contribution in [3.8, 4) is 5.69 Å². The van der Waals surface area contributed by atoms with E-state index >= 15 is 0 Å². The normalized spacial score (nSPS) is 15.2. The lowest BCUT2D eigenvalue weighted by molar-refractivity contribution is -0.137. The number of alkyl halides is 3. The highest BCUT2D eigenvalue weighted by Crippen LogP contribution is 2.33. The molecule has 0 bridgehead atoms. The number of benzene rings is 1. The molecule has 0 spiro atoms. The zero-order chi connectivity index (χ0) is 22.9. The molecule has 1 fully saturated rings. The number of para-hydroxylation sites is 1. The maximum absolute atomic E-state index is 13.5. The van der Waals surface area contributed by atoms with Gasteiger partial charge in [0.2, 0.25) is 5.43 Å². The van der Waals surface area contributed by atoms with Crippen LogP contribution in [-0.2, 0) is 12.7 Å². The van der Waals surface area contributed by atoms with E-state index in [1.54, 1.807) is 11.3 Å². The van der Waals surface area contributed by atoms with Crippen LogP contribution in [0, 0.1) is 6.92 Å². The number of rotatable bonds is 4. The van der Waals surface area contributed by atoms with E-state index in [0.29, 0.717) is 26.2 Å². The summed E-state index contributed by atoms with van der Waals surface area (Å²) in [6.07, 6.45) is -4.60. The molecule has 168 valence electrons. The summed E-state index contributed by atoms with van der Waals surface area (Å²) in [5.41, 5.74) is -1.88. The van der Waals surface area contributed by atoms with E-state index in [1.807, 2.05) is 11.4 Å². The molecule has 3 heterocycles. The third-order valence-corrected chi connectivity index (χ3v) is 6.23. The van der Waals surface area contributed by atoms with E-state index in [0.717, 1.165) is 23.4 Å². The monoisotopic (exact) mass is 462 g/mol. The molecular formula is C22H21F3N4O2S. The zero-order valence-electron chi connectivity index (χ0n) is 17.3. The number of carbonyl (C=O) groups excluding carboxylic acids is 1. The van der Waals surface area contributed by atoms with Crippen molar-refractivity contribution in [1.82, 2.24) is 19.6 Å². The maximum atomic E-state index is 13.5. The molecule has 0 atom stereocenters. The highest BCUT2D eigenvalue weighted by atomic mass is 32.1. The molecule has 0 saturated carbocycles. The molecule has 0 aliphatic carbocycles. The second kappa shape index (κ2) is 8.87. The van der Waals surface area contributed by atoms with Crippen LogP contribution in [0.3, 0.4) is 0 Å². The first-order chi connectivity index (χ1) is 15.2. The summed E-state index contributed by atoms with van der Waals surface area (Å²) >= 11 is 1.67. The predicted octanol–water partition coefficient (Wildman–Crippen LogP) is 3.58. The third kappa shape index (κ3) is 4.61. The Labute approximate surface area is 186 Å². The number of nitrogens with zero attached hydrogens (tertiary/aromatic N) is 4. The van der Waals surface area contributed by atoms with Gasteiger partial charge in [0.25, 0.3) is 5.91 Å². The SMILES string of the molecule is Cc1cc(=O)c(C(=O)N2CCN(Cc3cccs3)CC2)nn1-c1ccccc1C(F)(F)F. The minimum Gasteiger partial charge on any atom is -0.335 e. The smallest absolute Gasteiger partial charge is 0.335 e. The summed E-state index contributed by atoms with van der Waals surface area (Å²) in [5.74, 6) is -0.566. The van der Waals surface area contributed by atoms with Gasteiger partial charge in [-0.15, -0.1) is 11.3 Å². The number of amides is 1. The summed E-state index contributed by atoms with van der Waals surface area (Å²) < 4.78 is 41.5. The summed E-state index contributed by atoms with van der Waals surface area (Å²) in [5, 5.41) is 6.09. The number of hydrogen-bond acceptors (Lipinski definition) is 5. The fraction of sp³-hybridized carbons (Fsp3) is 0.318. The molecule has 10 heteroatoms. The zero-order valence-corrected chi connectivity index (χ0v) is 18.1. The first-order valence-electron chi connectivity index (χ1n) is 10.1. The Kier molecular flexibility index (Phi) is 6.16. The fourth-order valence-electron chi connectivity index (χ4n) is 3.72. The van der Waals surface area contributed by atoms with Crippen LogP contribution >= 0.6 is 11.3 Å². The Morgan fingerprint density at radius 1 is 1.09 bits per heavy atom. The molecule has 32 heavy (non-hydrogen) atoms. The minimum atomic E-state index is -4.60. The van der Waals surface area contributed by atoms with E-state index in [-0.39, 0.29) is 17.1 Å². The maximum Gasteiger partial charge on any atom is 0.418 e. The van der Waals surface area contributed by atoms with Crippen molar-refractivity contribution >= 4 is 17.2 Å². The molecule has 1 saturated heterocycles. The largest absolute Gasteiger partial charge is 0.418 e. The Hall–Kier alpha value is -2.98. The molecule has 0 radical (unpaired) electrons. The summed E-state index contributed by atoms with van der Waals surface area (Å²) in [4.78, 5) is 30.5. The quantitative estimate of drug-likeness (QED) is 0.595. The van der Waals surface area contributed by atoms with E-state index in [9.17, 15) is 22.8 Å². The van der Waals surface area contributed by atoms with Crippen LogP contribution in [0.15, 0.2) is 52.6 Å². The van der Waals surface area contributed by atoms with Crippen LogP contribution in [0.1, 0.15) is 26.6 Å². The number of thiophene rings is 1. The highest BCUT2D eigenvalue weighted by molar-refractivity contribution is 7.09. The van der Waals surface area contributed by atoms with Gasteiger partial charge in [-0.3, -0.25) is 14.5 Å². The van der Waals surface area contributed by atoms with Crippen molar-refractivity contribution in [2.75, 3.05) is 26.2 Å². The average Bonchev–Trinajstić information content (AvgIpc) is 3.26. The molecule has 1 aromatic carbocycles. The van der Waals surface area contributed by atoms with E-state index < -0.39 is 23.1 Å². The molecule has 2 aromatic heterocycles. The first kappa shape index (κ1) is 22.2. The van der Waals surface area contributed by atoms with E-state index in [1.165, 1.54) is 34.9 Å². The molecule has 1 aliphatic rings. The fourth-order valence-corrected chi connectivity index (χ4v) is 4.47. The van der Waals surface area contributed by atoms with Gasteiger partial charge in [0.1, 0.15) is 0 Å². The number of hydrogen-bond donors (Lipinski definition) is 0. The Bertz CT molecular complexity index is 1170. The topological polar surface area (TPSA) is 58.4 Å². The second-order valence-corrected chi connectivity index (χ2v) is 8.61. The van der Waals surface area contributed by atoms with Crippen LogP contribution in [0.5, 0.6) is 0 Å².